The quantitative estimate of drug-likeness (QED) is 0.209. The minimum absolute atomic E-state index is 0.906. The standard InChI is InChI=1S/C42H27NO/c1-2-13-28(14-3-1)29-25-26-39-36(27-29)33-18-7-10-22-38(33)43(39)37-21-9-6-17-32(37)30-15-4-5-16-31(30)34-20-12-24-41-42(34)35-19-8-11-23-40(35)44-41/h1-27H. The van der Waals surface area contributed by atoms with Gasteiger partial charge < -0.3 is 8.98 Å². The van der Waals surface area contributed by atoms with Gasteiger partial charge in [-0.1, -0.05) is 127 Å². The Bertz CT molecular complexity index is 2500. The summed E-state index contributed by atoms with van der Waals surface area (Å²) in [6.07, 6.45) is 0. The van der Waals surface area contributed by atoms with Gasteiger partial charge in [-0.25, -0.2) is 0 Å². The lowest BCUT2D eigenvalue weighted by molar-refractivity contribution is 0.669. The van der Waals surface area contributed by atoms with Crippen LogP contribution < -0.4 is 0 Å². The fourth-order valence-corrected chi connectivity index (χ4v) is 6.89. The molecule has 0 radical (unpaired) electrons. The summed E-state index contributed by atoms with van der Waals surface area (Å²) in [5, 5.41) is 4.79. The van der Waals surface area contributed by atoms with Gasteiger partial charge in [0.15, 0.2) is 0 Å². The maximum Gasteiger partial charge on any atom is 0.136 e. The van der Waals surface area contributed by atoms with Gasteiger partial charge in [0.05, 0.1) is 16.7 Å². The lowest BCUT2D eigenvalue weighted by Gasteiger charge is -2.17. The Kier molecular flexibility index (Phi) is 5.54. The highest BCUT2D eigenvalue weighted by Gasteiger charge is 2.19. The Hall–Kier alpha value is -5.86. The van der Waals surface area contributed by atoms with Crippen LogP contribution in [0.4, 0.5) is 0 Å². The number of aromatic nitrogens is 1. The van der Waals surface area contributed by atoms with Crippen LogP contribution >= 0.6 is 0 Å². The lowest BCUT2D eigenvalue weighted by Crippen LogP contribution is -1.98. The Morgan fingerprint density at radius 3 is 1.84 bits per heavy atom. The molecule has 2 heterocycles. The largest absolute Gasteiger partial charge is 0.456 e. The van der Waals surface area contributed by atoms with E-state index < -0.39 is 0 Å². The number of para-hydroxylation sites is 3. The monoisotopic (exact) mass is 561 g/mol. The van der Waals surface area contributed by atoms with E-state index in [0.29, 0.717) is 0 Å². The van der Waals surface area contributed by atoms with E-state index in [1.165, 1.54) is 55.2 Å². The Balaban J connectivity index is 1.31. The van der Waals surface area contributed by atoms with Crippen molar-refractivity contribution in [1.82, 2.24) is 4.57 Å². The summed E-state index contributed by atoms with van der Waals surface area (Å²) in [5.41, 5.74) is 12.5. The zero-order valence-electron chi connectivity index (χ0n) is 23.9. The van der Waals surface area contributed by atoms with E-state index in [1.807, 2.05) is 12.1 Å². The third kappa shape index (κ3) is 3.75. The third-order valence-electron chi connectivity index (χ3n) is 8.83. The van der Waals surface area contributed by atoms with Gasteiger partial charge in [-0.2, -0.15) is 0 Å². The van der Waals surface area contributed by atoms with Crippen molar-refractivity contribution in [3.63, 3.8) is 0 Å². The van der Waals surface area contributed by atoms with Gasteiger partial charge in [-0.3, -0.25) is 0 Å². The molecule has 0 spiro atoms. The number of fused-ring (bicyclic) bond motifs is 6. The van der Waals surface area contributed by atoms with Gasteiger partial charge in [0.25, 0.3) is 0 Å². The van der Waals surface area contributed by atoms with E-state index in [0.717, 1.165) is 27.6 Å². The van der Waals surface area contributed by atoms with E-state index in [9.17, 15) is 0 Å². The number of rotatable bonds is 4. The summed E-state index contributed by atoms with van der Waals surface area (Å²) >= 11 is 0. The van der Waals surface area contributed by atoms with Crippen molar-refractivity contribution in [2.45, 2.75) is 0 Å². The molecule has 2 nitrogen and oxygen atoms in total. The maximum atomic E-state index is 6.28. The van der Waals surface area contributed by atoms with Crippen molar-refractivity contribution < 1.29 is 4.42 Å². The van der Waals surface area contributed by atoms with E-state index in [-0.39, 0.29) is 0 Å². The Morgan fingerprint density at radius 2 is 0.977 bits per heavy atom. The van der Waals surface area contributed by atoms with Crippen molar-refractivity contribution in [3.05, 3.63) is 164 Å². The molecule has 0 unspecified atom stereocenters. The van der Waals surface area contributed by atoms with Crippen LogP contribution in [0.5, 0.6) is 0 Å². The van der Waals surface area contributed by atoms with Crippen molar-refractivity contribution >= 4 is 43.7 Å². The molecule has 9 aromatic rings. The van der Waals surface area contributed by atoms with Gasteiger partial charge in [-0.05, 0) is 64.2 Å². The molecule has 2 aromatic heterocycles. The van der Waals surface area contributed by atoms with Gasteiger partial charge in [-0.15, -0.1) is 0 Å². The summed E-state index contributed by atoms with van der Waals surface area (Å²) < 4.78 is 8.71. The predicted octanol–water partition coefficient (Wildman–Crippen LogP) is 11.7. The summed E-state index contributed by atoms with van der Waals surface area (Å²) in [4.78, 5) is 0. The molecule has 0 saturated carbocycles. The SMILES string of the molecule is c1ccc(-c2ccc3c(c2)c2ccccc2n3-c2ccccc2-c2ccccc2-c2cccc3oc4ccccc4c23)cc1. The minimum atomic E-state index is 0.906. The second-order valence-electron chi connectivity index (χ2n) is 11.3. The van der Waals surface area contributed by atoms with Crippen LogP contribution in [0.1, 0.15) is 0 Å². The molecule has 7 aromatic carbocycles. The summed E-state index contributed by atoms with van der Waals surface area (Å²) in [6, 6.07) is 58.5. The van der Waals surface area contributed by atoms with E-state index in [1.54, 1.807) is 0 Å². The molecule has 0 aliphatic rings. The number of hydrogen-bond acceptors (Lipinski definition) is 1. The number of furan rings is 1. The Labute approximate surface area is 255 Å². The third-order valence-corrected chi connectivity index (χ3v) is 8.83. The smallest absolute Gasteiger partial charge is 0.136 e. The van der Waals surface area contributed by atoms with Crippen molar-refractivity contribution in [3.8, 4) is 39.1 Å². The second kappa shape index (κ2) is 9.86. The number of nitrogens with zero attached hydrogens (tertiary/aromatic N) is 1. The predicted molar refractivity (Wildman–Crippen MR) is 184 cm³/mol. The second-order valence-corrected chi connectivity index (χ2v) is 11.3. The molecule has 0 saturated heterocycles. The topological polar surface area (TPSA) is 18.1 Å². The van der Waals surface area contributed by atoms with Gasteiger partial charge in [0.1, 0.15) is 11.2 Å². The summed E-state index contributed by atoms with van der Waals surface area (Å²) in [5.74, 6) is 0. The molecule has 0 aliphatic heterocycles. The fraction of sp³-hybridized carbons (Fsp3) is 0. The molecule has 0 atom stereocenters. The normalized spacial score (nSPS) is 11.6. The first kappa shape index (κ1) is 24.7. The number of hydrogen-bond donors (Lipinski definition) is 0. The molecule has 0 bridgehead atoms. The van der Waals surface area contributed by atoms with Gasteiger partial charge in [0, 0.05) is 27.1 Å². The molecule has 0 aliphatic carbocycles. The molecule has 44 heavy (non-hydrogen) atoms. The van der Waals surface area contributed by atoms with Crippen LogP contribution in [-0.2, 0) is 0 Å². The maximum absolute atomic E-state index is 6.28. The number of benzene rings is 7. The first-order valence-electron chi connectivity index (χ1n) is 15.0. The first-order valence-corrected chi connectivity index (χ1v) is 15.0. The van der Waals surface area contributed by atoms with Crippen molar-refractivity contribution in [2.24, 2.45) is 0 Å². The van der Waals surface area contributed by atoms with Crippen LogP contribution in [0.15, 0.2) is 168 Å². The molecule has 2 heteroatoms. The zero-order chi connectivity index (χ0) is 29.0. The highest BCUT2D eigenvalue weighted by atomic mass is 16.3. The summed E-state index contributed by atoms with van der Waals surface area (Å²) in [6.45, 7) is 0. The molecule has 0 fully saturated rings. The first-order chi connectivity index (χ1) is 21.8. The molecule has 0 N–H and O–H groups in total. The van der Waals surface area contributed by atoms with Crippen molar-refractivity contribution in [2.75, 3.05) is 0 Å². The Morgan fingerprint density at radius 1 is 0.364 bits per heavy atom. The van der Waals surface area contributed by atoms with Gasteiger partial charge >= 0.3 is 0 Å². The van der Waals surface area contributed by atoms with Crippen molar-refractivity contribution in [1.29, 1.82) is 0 Å². The highest BCUT2D eigenvalue weighted by molar-refractivity contribution is 6.14. The van der Waals surface area contributed by atoms with E-state index in [2.05, 4.69) is 156 Å². The van der Waals surface area contributed by atoms with Crippen LogP contribution in [0.25, 0.3) is 82.8 Å². The van der Waals surface area contributed by atoms with Crippen LogP contribution in [0, 0.1) is 0 Å². The van der Waals surface area contributed by atoms with Crippen LogP contribution in [0.2, 0.25) is 0 Å². The van der Waals surface area contributed by atoms with Gasteiger partial charge in [0.2, 0.25) is 0 Å². The van der Waals surface area contributed by atoms with Crippen LogP contribution in [-0.4, -0.2) is 4.57 Å². The van der Waals surface area contributed by atoms with E-state index in [4.69, 9.17) is 4.42 Å². The molecule has 9 rings (SSSR count). The highest BCUT2D eigenvalue weighted by Crippen LogP contribution is 2.43. The lowest BCUT2D eigenvalue weighted by atomic mass is 9.91. The average molecular weight is 562 g/mol. The average Bonchev–Trinajstić information content (AvgIpc) is 3.64. The fourth-order valence-electron chi connectivity index (χ4n) is 6.89. The molecule has 206 valence electrons. The molecular formula is C42H27NO. The summed E-state index contributed by atoms with van der Waals surface area (Å²) in [7, 11) is 0. The van der Waals surface area contributed by atoms with E-state index >= 15 is 0 Å². The minimum Gasteiger partial charge on any atom is -0.456 e. The zero-order valence-corrected chi connectivity index (χ0v) is 23.9. The van der Waals surface area contributed by atoms with Crippen LogP contribution in [0.3, 0.4) is 0 Å². The molecule has 0 amide bonds. The molecular weight excluding hydrogens is 534 g/mol.